The molecule has 0 radical (unpaired) electrons. The number of thiazole rings is 1. The standard InChI is InChI=1S/C12H12Br2N2O2S2/c1-8-15-6-10(19-8)7-16(2)20(17,18)12-5-9(13)3-4-11(12)14/h3-6H,7H2,1-2H3. The summed E-state index contributed by atoms with van der Waals surface area (Å²) >= 11 is 8.08. The van der Waals surface area contributed by atoms with Gasteiger partial charge in [-0.3, -0.25) is 0 Å². The summed E-state index contributed by atoms with van der Waals surface area (Å²) in [6, 6.07) is 5.09. The summed E-state index contributed by atoms with van der Waals surface area (Å²) in [5, 5.41) is 0.925. The van der Waals surface area contributed by atoms with Crippen LogP contribution in [0, 0.1) is 6.92 Å². The van der Waals surface area contributed by atoms with E-state index in [0.29, 0.717) is 11.0 Å². The number of benzene rings is 1. The number of aryl methyl sites for hydroxylation is 1. The van der Waals surface area contributed by atoms with Gasteiger partial charge in [-0.25, -0.2) is 13.4 Å². The van der Waals surface area contributed by atoms with Crippen LogP contribution in [0.15, 0.2) is 38.2 Å². The third-order valence-corrected chi connectivity index (χ3v) is 6.82. The summed E-state index contributed by atoms with van der Waals surface area (Å²) in [5.41, 5.74) is 0. The van der Waals surface area contributed by atoms with E-state index in [1.54, 1.807) is 31.4 Å². The van der Waals surface area contributed by atoms with Gasteiger partial charge in [-0.2, -0.15) is 4.31 Å². The van der Waals surface area contributed by atoms with Crippen LogP contribution in [0.25, 0.3) is 0 Å². The summed E-state index contributed by atoms with van der Waals surface area (Å²) in [7, 11) is -1.98. The molecule has 0 fully saturated rings. The number of hydrogen-bond acceptors (Lipinski definition) is 4. The fraction of sp³-hybridized carbons (Fsp3) is 0.250. The van der Waals surface area contributed by atoms with Gasteiger partial charge in [-0.05, 0) is 41.1 Å². The zero-order chi connectivity index (χ0) is 14.9. The predicted octanol–water partition coefficient (Wildman–Crippen LogP) is 3.80. The SMILES string of the molecule is Cc1ncc(CN(C)S(=O)(=O)c2cc(Br)ccc2Br)s1. The molecule has 8 heteroatoms. The van der Waals surface area contributed by atoms with Crippen molar-refractivity contribution in [2.75, 3.05) is 7.05 Å². The van der Waals surface area contributed by atoms with Gasteiger partial charge >= 0.3 is 0 Å². The lowest BCUT2D eigenvalue weighted by Crippen LogP contribution is -2.26. The molecule has 1 aromatic carbocycles. The first-order valence-corrected chi connectivity index (χ1v) is 9.47. The van der Waals surface area contributed by atoms with Crippen LogP contribution in [0.1, 0.15) is 9.88 Å². The van der Waals surface area contributed by atoms with Gasteiger partial charge in [0, 0.05) is 33.6 Å². The Bertz CT molecular complexity index is 729. The van der Waals surface area contributed by atoms with Gasteiger partial charge in [0.05, 0.1) is 9.90 Å². The minimum Gasteiger partial charge on any atom is -0.250 e. The summed E-state index contributed by atoms with van der Waals surface area (Å²) < 4.78 is 27.7. The molecule has 0 aliphatic heterocycles. The molecule has 1 aromatic heterocycles. The average Bonchev–Trinajstić information content (AvgIpc) is 2.77. The second-order valence-electron chi connectivity index (χ2n) is 4.18. The van der Waals surface area contributed by atoms with Crippen LogP contribution in [0.5, 0.6) is 0 Å². The van der Waals surface area contributed by atoms with Gasteiger partial charge in [0.25, 0.3) is 0 Å². The predicted molar refractivity (Wildman–Crippen MR) is 87.3 cm³/mol. The Labute approximate surface area is 139 Å². The zero-order valence-electron chi connectivity index (χ0n) is 10.8. The first-order valence-electron chi connectivity index (χ1n) is 5.63. The van der Waals surface area contributed by atoms with E-state index in [2.05, 4.69) is 36.8 Å². The number of sulfonamides is 1. The molecule has 20 heavy (non-hydrogen) atoms. The lowest BCUT2D eigenvalue weighted by atomic mass is 10.4. The fourth-order valence-electron chi connectivity index (χ4n) is 1.63. The molecule has 0 saturated carbocycles. The second kappa shape index (κ2) is 6.23. The molecule has 0 bridgehead atoms. The number of rotatable bonds is 4. The molecule has 0 saturated heterocycles. The highest BCUT2D eigenvalue weighted by Crippen LogP contribution is 2.28. The smallest absolute Gasteiger partial charge is 0.244 e. The van der Waals surface area contributed by atoms with E-state index in [9.17, 15) is 8.42 Å². The van der Waals surface area contributed by atoms with Crippen LogP contribution >= 0.6 is 43.2 Å². The van der Waals surface area contributed by atoms with Crippen molar-refractivity contribution in [2.45, 2.75) is 18.4 Å². The highest BCUT2D eigenvalue weighted by Gasteiger charge is 2.24. The van der Waals surface area contributed by atoms with Crippen LogP contribution < -0.4 is 0 Å². The molecule has 0 aliphatic carbocycles. The Morgan fingerprint density at radius 2 is 2.05 bits per heavy atom. The van der Waals surface area contributed by atoms with Crippen molar-refractivity contribution in [2.24, 2.45) is 0 Å². The maximum atomic E-state index is 12.6. The molecule has 108 valence electrons. The Balaban J connectivity index is 2.32. The van der Waals surface area contributed by atoms with Gasteiger partial charge in [0.15, 0.2) is 0 Å². The van der Waals surface area contributed by atoms with E-state index < -0.39 is 10.0 Å². The van der Waals surface area contributed by atoms with Crippen molar-refractivity contribution < 1.29 is 8.42 Å². The lowest BCUT2D eigenvalue weighted by molar-refractivity contribution is 0.469. The molecular weight excluding hydrogens is 428 g/mol. The monoisotopic (exact) mass is 438 g/mol. The largest absolute Gasteiger partial charge is 0.250 e. The van der Waals surface area contributed by atoms with Crippen molar-refractivity contribution in [3.8, 4) is 0 Å². The van der Waals surface area contributed by atoms with E-state index in [1.807, 2.05) is 6.92 Å². The molecule has 1 heterocycles. The van der Waals surface area contributed by atoms with Crippen molar-refractivity contribution in [3.63, 3.8) is 0 Å². The van der Waals surface area contributed by atoms with E-state index in [1.165, 1.54) is 15.6 Å². The molecular formula is C12H12Br2N2O2S2. The minimum atomic E-state index is -3.55. The van der Waals surface area contributed by atoms with Crippen LogP contribution in [-0.4, -0.2) is 24.8 Å². The summed E-state index contributed by atoms with van der Waals surface area (Å²) in [6.45, 7) is 2.21. The van der Waals surface area contributed by atoms with E-state index in [0.717, 1.165) is 14.4 Å². The average molecular weight is 440 g/mol. The molecule has 0 N–H and O–H groups in total. The topological polar surface area (TPSA) is 50.3 Å². The number of aromatic nitrogens is 1. The Morgan fingerprint density at radius 1 is 1.35 bits per heavy atom. The molecule has 0 amide bonds. The second-order valence-corrected chi connectivity index (χ2v) is 9.28. The molecule has 2 aromatic rings. The van der Waals surface area contributed by atoms with Gasteiger partial charge in [0.2, 0.25) is 10.0 Å². The first-order chi connectivity index (χ1) is 9.30. The van der Waals surface area contributed by atoms with E-state index >= 15 is 0 Å². The molecule has 2 rings (SSSR count). The summed E-state index contributed by atoms with van der Waals surface area (Å²) in [5.74, 6) is 0. The third kappa shape index (κ3) is 3.48. The van der Waals surface area contributed by atoms with Crippen molar-refractivity contribution in [3.05, 3.63) is 43.2 Å². The molecule has 0 spiro atoms. The number of nitrogens with zero attached hydrogens (tertiary/aromatic N) is 2. The molecule has 0 aliphatic rings. The zero-order valence-corrected chi connectivity index (χ0v) is 15.6. The highest BCUT2D eigenvalue weighted by molar-refractivity contribution is 9.11. The van der Waals surface area contributed by atoms with Crippen LogP contribution in [0.2, 0.25) is 0 Å². The van der Waals surface area contributed by atoms with Gasteiger partial charge in [0.1, 0.15) is 0 Å². The van der Waals surface area contributed by atoms with Crippen molar-refractivity contribution in [1.29, 1.82) is 0 Å². The van der Waals surface area contributed by atoms with Gasteiger partial charge in [-0.1, -0.05) is 15.9 Å². The van der Waals surface area contributed by atoms with Gasteiger partial charge < -0.3 is 0 Å². The van der Waals surface area contributed by atoms with Crippen molar-refractivity contribution >= 4 is 53.2 Å². The van der Waals surface area contributed by atoms with Crippen LogP contribution in [0.4, 0.5) is 0 Å². The third-order valence-electron chi connectivity index (χ3n) is 2.63. The Kier molecular flexibility index (Phi) is 5.01. The van der Waals surface area contributed by atoms with E-state index in [-0.39, 0.29) is 4.90 Å². The van der Waals surface area contributed by atoms with E-state index in [4.69, 9.17) is 0 Å². The van der Waals surface area contributed by atoms with Crippen molar-refractivity contribution in [1.82, 2.24) is 9.29 Å². The minimum absolute atomic E-state index is 0.246. The summed E-state index contributed by atoms with van der Waals surface area (Å²) in [4.78, 5) is 5.30. The normalized spacial score (nSPS) is 12.1. The molecule has 4 nitrogen and oxygen atoms in total. The Morgan fingerprint density at radius 3 is 2.65 bits per heavy atom. The molecule has 0 atom stereocenters. The molecule has 0 unspecified atom stereocenters. The number of hydrogen-bond donors (Lipinski definition) is 0. The maximum Gasteiger partial charge on any atom is 0.244 e. The lowest BCUT2D eigenvalue weighted by Gasteiger charge is -2.17. The number of halogens is 2. The Hall–Kier alpha value is -0.280. The quantitative estimate of drug-likeness (QED) is 0.727. The van der Waals surface area contributed by atoms with Crippen LogP contribution in [0.3, 0.4) is 0 Å². The fourth-order valence-corrected chi connectivity index (χ4v) is 5.16. The first kappa shape index (κ1) is 16.1. The highest BCUT2D eigenvalue weighted by atomic mass is 79.9. The van der Waals surface area contributed by atoms with Crippen LogP contribution in [-0.2, 0) is 16.6 Å². The van der Waals surface area contributed by atoms with Gasteiger partial charge in [-0.15, -0.1) is 11.3 Å². The maximum absolute atomic E-state index is 12.6. The summed E-state index contributed by atoms with van der Waals surface area (Å²) in [6.07, 6.45) is 1.71.